The molecule has 2 aromatic rings. The van der Waals surface area contributed by atoms with Gasteiger partial charge in [-0.25, -0.2) is 0 Å². The van der Waals surface area contributed by atoms with Crippen molar-refractivity contribution in [3.63, 3.8) is 0 Å². The van der Waals surface area contributed by atoms with Gasteiger partial charge in [0.05, 0.1) is 5.56 Å². The first-order valence-corrected chi connectivity index (χ1v) is 8.96. The average molecular weight is 446 g/mol. The number of rotatable bonds is 6. The van der Waals surface area contributed by atoms with E-state index in [0.29, 0.717) is 41.9 Å². The molecule has 0 aromatic heterocycles. The molecule has 0 bridgehead atoms. The molecule has 4 nitrogen and oxygen atoms in total. The van der Waals surface area contributed by atoms with Crippen molar-refractivity contribution in [1.29, 1.82) is 0 Å². The van der Waals surface area contributed by atoms with E-state index in [4.69, 9.17) is 9.47 Å². The number of aldehydes is 1. The van der Waals surface area contributed by atoms with Gasteiger partial charge in [-0.3, -0.25) is 4.79 Å². The van der Waals surface area contributed by atoms with E-state index >= 15 is 0 Å². The van der Waals surface area contributed by atoms with Gasteiger partial charge in [0.25, 0.3) is 0 Å². The fourth-order valence-electron chi connectivity index (χ4n) is 2.73. The van der Waals surface area contributed by atoms with Crippen LogP contribution in [0.3, 0.4) is 0 Å². The van der Waals surface area contributed by atoms with Crippen molar-refractivity contribution in [3.05, 3.63) is 58.7 Å². The van der Waals surface area contributed by atoms with Gasteiger partial charge in [-0.1, -0.05) is 6.07 Å². The van der Waals surface area contributed by atoms with Crippen molar-refractivity contribution >= 4 is 12.4 Å². The molecule has 3 rings (SSSR count). The summed E-state index contributed by atoms with van der Waals surface area (Å²) in [6.45, 7) is 0.446. The van der Waals surface area contributed by atoms with Gasteiger partial charge in [0, 0.05) is 17.2 Å². The van der Waals surface area contributed by atoms with Crippen LogP contribution in [-0.4, -0.2) is 25.2 Å². The van der Waals surface area contributed by atoms with Crippen LogP contribution in [0.1, 0.15) is 23.6 Å². The second-order valence-electron chi connectivity index (χ2n) is 6.74. The van der Waals surface area contributed by atoms with E-state index in [0.717, 1.165) is 6.07 Å². The molecule has 1 heterocycles. The topological polar surface area (TPSA) is 44.8 Å². The summed E-state index contributed by atoms with van der Waals surface area (Å²) in [5.41, 5.74) is -0.130. The van der Waals surface area contributed by atoms with Crippen LogP contribution in [0, 0.1) is 0 Å². The van der Waals surface area contributed by atoms with Crippen molar-refractivity contribution < 1.29 is 45.3 Å². The zero-order valence-corrected chi connectivity index (χ0v) is 16.0. The van der Waals surface area contributed by atoms with Crippen molar-refractivity contribution in [1.82, 2.24) is 0 Å². The van der Waals surface area contributed by atoms with E-state index in [2.05, 4.69) is 4.74 Å². The van der Waals surface area contributed by atoms with Crippen LogP contribution in [0.5, 0.6) is 17.2 Å². The zero-order chi connectivity index (χ0) is 22.8. The normalized spacial score (nSPS) is 14.7. The number of alkyl halides is 6. The lowest BCUT2D eigenvalue weighted by Gasteiger charge is -2.21. The Kier molecular flexibility index (Phi) is 6.19. The first kappa shape index (κ1) is 22.5. The molecular formula is C21H16F6O4. The Morgan fingerprint density at radius 2 is 1.84 bits per heavy atom. The Bertz CT molecular complexity index is 994. The third-order valence-electron chi connectivity index (χ3n) is 4.39. The summed E-state index contributed by atoms with van der Waals surface area (Å²) in [5.74, 6) is -0.161. The Morgan fingerprint density at radius 1 is 1.10 bits per heavy atom. The number of hydrogen-bond acceptors (Lipinski definition) is 4. The average Bonchev–Trinajstić information content (AvgIpc) is 2.70. The van der Waals surface area contributed by atoms with Crippen molar-refractivity contribution in [2.75, 3.05) is 6.61 Å². The Balaban J connectivity index is 1.77. The largest absolute Gasteiger partial charge is 0.489 e. The maximum Gasteiger partial charge on any atom is 0.425 e. The smallest absolute Gasteiger partial charge is 0.425 e. The Labute approximate surface area is 173 Å². The Hall–Kier alpha value is -3.17. The van der Waals surface area contributed by atoms with Crippen LogP contribution >= 0.6 is 0 Å². The molecule has 0 fully saturated rings. The van der Waals surface area contributed by atoms with Crippen LogP contribution in [0.15, 0.2) is 42.0 Å². The Morgan fingerprint density at radius 3 is 2.48 bits per heavy atom. The molecule has 0 amide bonds. The quantitative estimate of drug-likeness (QED) is 0.429. The number of carbonyl (C=O) groups is 1. The van der Waals surface area contributed by atoms with Gasteiger partial charge in [0.2, 0.25) is 0 Å². The molecule has 10 heteroatoms. The van der Waals surface area contributed by atoms with E-state index in [1.54, 1.807) is 18.2 Å². The van der Waals surface area contributed by atoms with E-state index < -0.39 is 29.8 Å². The maximum atomic E-state index is 13.3. The number of ether oxygens (including phenoxy) is 3. The number of carbonyl (C=O) groups excluding carboxylic acids is 1. The van der Waals surface area contributed by atoms with Crippen molar-refractivity contribution in [2.24, 2.45) is 0 Å². The van der Waals surface area contributed by atoms with Crippen LogP contribution in [0.4, 0.5) is 26.3 Å². The van der Waals surface area contributed by atoms with Gasteiger partial charge in [-0.15, -0.1) is 0 Å². The minimum absolute atomic E-state index is 0.0844. The molecule has 0 aliphatic carbocycles. The van der Waals surface area contributed by atoms with Crippen LogP contribution in [-0.2, 0) is 17.6 Å². The van der Waals surface area contributed by atoms with Gasteiger partial charge >= 0.3 is 12.4 Å². The lowest BCUT2D eigenvalue weighted by Crippen LogP contribution is -2.31. The summed E-state index contributed by atoms with van der Waals surface area (Å²) in [4.78, 5) is 10.8. The van der Waals surface area contributed by atoms with E-state index in [1.165, 1.54) is 12.1 Å². The predicted octanol–water partition coefficient (Wildman–Crippen LogP) is 5.59. The van der Waals surface area contributed by atoms with Crippen molar-refractivity contribution in [3.8, 4) is 17.2 Å². The molecule has 2 aromatic carbocycles. The first-order valence-electron chi connectivity index (χ1n) is 8.96. The fraction of sp³-hybridized carbons (Fsp3) is 0.286. The van der Waals surface area contributed by atoms with Gasteiger partial charge in [-0.05, 0) is 42.8 Å². The van der Waals surface area contributed by atoms with Gasteiger partial charge in [0.15, 0.2) is 6.10 Å². The number of halogens is 6. The van der Waals surface area contributed by atoms with Gasteiger partial charge < -0.3 is 14.2 Å². The minimum Gasteiger partial charge on any atom is -0.489 e. The second-order valence-corrected chi connectivity index (χ2v) is 6.74. The number of benzene rings is 2. The predicted molar refractivity (Wildman–Crippen MR) is 97.9 cm³/mol. The van der Waals surface area contributed by atoms with Crippen LogP contribution in [0.2, 0.25) is 0 Å². The van der Waals surface area contributed by atoms with Crippen LogP contribution in [0.25, 0.3) is 6.08 Å². The highest BCUT2D eigenvalue weighted by atomic mass is 19.4. The lowest BCUT2D eigenvalue weighted by atomic mass is 10.1. The molecular weight excluding hydrogens is 430 g/mol. The molecule has 0 saturated carbocycles. The fourth-order valence-corrected chi connectivity index (χ4v) is 2.73. The van der Waals surface area contributed by atoms with Crippen molar-refractivity contribution in [2.45, 2.75) is 32.0 Å². The second kappa shape index (κ2) is 8.52. The number of fused-ring (bicyclic) bond motifs is 1. The number of hydrogen-bond donors (Lipinski definition) is 0. The first-order chi connectivity index (χ1) is 14.5. The van der Waals surface area contributed by atoms with Crippen LogP contribution < -0.4 is 14.2 Å². The summed E-state index contributed by atoms with van der Waals surface area (Å²) in [7, 11) is 0. The summed E-state index contributed by atoms with van der Waals surface area (Å²) in [5, 5.41) is 0. The highest BCUT2D eigenvalue weighted by Crippen LogP contribution is 2.39. The lowest BCUT2D eigenvalue weighted by molar-refractivity contribution is -0.191. The molecule has 0 saturated heterocycles. The highest BCUT2D eigenvalue weighted by Gasteiger charge is 2.41. The van der Waals surface area contributed by atoms with Gasteiger partial charge in [0.1, 0.15) is 36.7 Å². The zero-order valence-electron chi connectivity index (χ0n) is 16.0. The molecule has 1 aliphatic heterocycles. The van der Waals surface area contributed by atoms with E-state index in [-0.39, 0.29) is 18.8 Å². The molecule has 0 spiro atoms. The highest BCUT2D eigenvalue weighted by molar-refractivity contribution is 5.84. The SMILES string of the molecule is CC(Oc1ccc(COc2ccc3c(c2)OCC(C=O)=C3)cc1C(F)(F)F)C(F)(F)F. The summed E-state index contributed by atoms with van der Waals surface area (Å²) >= 11 is 0. The molecule has 1 unspecified atom stereocenters. The third kappa shape index (κ3) is 5.50. The third-order valence-corrected chi connectivity index (χ3v) is 4.39. The van der Waals surface area contributed by atoms with Gasteiger partial charge in [-0.2, -0.15) is 26.3 Å². The molecule has 31 heavy (non-hydrogen) atoms. The van der Waals surface area contributed by atoms with E-state index in [1.807, 2.05) is 0 Å². The summed E-state index contributed by atoms with van der Waals surface area (Å²) in [6.07, 6.45) is -9.81. The molecule has 166 valence electrons. The summed E-state index contributed by atoms with van der Waals surface area (Å²) in [6, 6.07) is 7.43. The molecule has 0 radical (unpaired) electrons. The molecule has 1 aliphatic rings. The summed E-state index contributed by atoms with van der Waals surface area (Å²) < 4.78 is 93.4. The monoisotopic (exact) mass is 446 g/mol. The van der Waals surface area contributed by atoms with E-state index in [9.17, 15) is 31.1 Å². The maximum absolute atomic E-state index is 13.3. The molecule has 1 atom stereocenters. The molecule has 0 N–H and O–H groups in total. The minimum atomic E-state index is -4.92. The standard InChI is InChI=1S/C21H16F6O4/c1-12(20(22,23)24)31-18-5-2-13(7-17(18)21(25,26)27)10-29-16-4-3-15-6-14(9-28)11-30-19(15)8-16/h2-9,12H,10-11H2,1H3.